The number of methoxy groups -OCH3 is 1. The van der Waals surface area contributed by atoms with E-state index in [2.05, 4.69) is 5.32 Å². The van der Waals surface area contributed by atoms with Crippen molar-refractivity contribution in [2.24, 2.45) is 5.92 Å². The zero-order chi connectivity index (χ0) is 18.8. The number of hydrogen-bond donors (Lipinski definition) is 1. The molecule has 1 N–H and O–H groups in total. The third-order valence-electron chi connectivity index (χ3n) is 4.44. The zero-order valence-electron chi connectivity index (χ0n) is 15.2. The molecule has 5 nitrogen and oxygen atoms in total. The summed E-state index contributed by atoms with van der Waals surface area (Å²) in [5.74, 6) is 1.04. The van der Waals surface area contributed by atoms with Gasteiger partial charge in [-0.3, -0.25) is 9.59 Å². The molecule has 1 aromatic carbocycles. The van der Waals surface area contributed by atoms with Crippen LogP contribution in [0.5, 0.6) is 0 Å². The van der Waals surface area contributed by atoms with Crippen LogP contribution in [0, 0.1) is 5.92 Å². The molecule has 2 rings (SSSR count). The molecule has 0 atom stereocenters. The number of likely N-dealkylation sites (tertiary alicyclic amines) is 1. The Bertz CT molecular complexity index is 575. The molecule has 0 spiro atoms. The molecule has 1 aliphatic rings. The van der Waals surface area contributed by atoms with Gasteiger partial charge in [-0.1, -0.05) is 11.6 Å². The van der Waals surface area contributed by atoms with Gasteiger partial charge >= 0.3 is 0 Å². The Morgan fingerprint density at radius 1 is 1.27 bits per heavy atom. The lowest BCUT2D eigenvalue weighted by Crippen LogP contribution is -2.43. The van der Waals surface area contributed by atoms with Crippen molar-refractivity contribution in [1.29, 1.82) is 0 Å². The van der Waals surface area contributed by atoms with E-state index in [4.69, 9.17) is 16.3 Å². The molecule has 1 fully saturated rings. The molecule has 1 heterocycles. The van der Waals surface area contributed by atoms with Gasteiger partial charge in [-0.05, 0) is 43.5 Å². The zero-order valence-corrected chi connectivity index (χ0v) is 16.8. The number of nitrogens with one attached hydrogen (secondary N) is 1. The predicted molar refractivity (Wildman–Crippen MR) is 106 cm³/mol. The fourth-order valence-corrected chi connectivity index (χ4v) is 3.88. The number of carbonyl (C=O) groups is 2. The first-order valence-corrected chi connectivity index (χ1v) is 10.4. The average molecular weight is 399 g/mol. The molecule has 0 unspecified atom stereocenters. The smallest absolute Gasteiger partial charge is 0.223 e. The largest absolute Gasteiger partial charge is 0.385 e. The molecular formula is C19H27ClN2O3S. The van der Waals surface area contributed by atoms with Gasteiger partial charge in [-0.2, -0.15) is 0 Å². The Labute approximate surface area is 164 Å². The van der Waals surface area contributed by atoms with Gasteiger partial charge in [0.1, 0.15) is 0 Å². The minimum absolute atomic E-state index is 0.0186. The molecule has 0 radical (unpaired) electrons. The van der Waals surface area contributed by atoms with Crippen molar-refractivity contribution in [3.63, 3.8) is 0 Å². The van der Waals surface area contributed by atoms with Crippen LogP contribution in [0.4, 0.5) is 0 Å². The van der Waals surface area contributed by atoms with Crippen molar-refractivity contribution in [3.8, 4) is 0 Å². The van der Waals surface area contributed by atoms with Crippen molar-refractivity contribution in [1.82, 2.24) is 10.2 Å². The summed E-state index contributed by atoms with van der Waals surface area (Å²) in [4.78, 5) is 27.5. The standard InChI is InChI=1S/C19H27ClN2O3S/c1-25-13-2-10-21-19(24)15-7-11-22(12-8-15)18(23)9-14-26-17-5-3-16(20)4-6-17/h3-6,15H,2,7-14H2,1H3,(H,21,24). The quantitative estimate of drug-likeness (QED) is 0.512. The van der Waals surface area contributed by atoms with Gasteiger partial charge in [0.05, 0.1) is 0 Å². The minimum Gasteiger partial charge on any atom is -0.385 e. The maximum absolute atomic E-state index is 12.3. The normalized spacial score (nSPS) is 15.1. The first-order chi connectivity index (χ1) is 12.6. The summed E-state index contributed by atoms with van der Waals surface area (Å²) >= 11 is 7.53. The van der Waals surface area contributed by atoms with E-state index < -0.39 is 0 Å². The highest BCUT2D eigenvalue weighted by atomic mass is 35.5. The van der Waals surface area contributed by atoms with Crippen molar-refractivity contribution >= 4 is 35.2 Å². The summed E-state index contributed by atoms with van der Waals surface area (Å²) in [6.07, 6.45) is 2.82. The Morgan fingerprint density at radius 2 is 1.96 bits per heavy atom. The average Bonchev–Trinajstić information content (AvgIpc) is 2.66. The fraction of sp³-hybridized carbons (Fsp3) is 0.579. The van der Waals surface area contributed by atoms with Crippen molar-refractivity contribution < 1.29 is 14.3 Å². The van der Waals surface area contributed by atoms with Gasteiger partial charge < -0.3 is 15.0 Å². The van der Waals surface area contributed by atoms with Crippen molar-refractivity contribution in [3.05, 3.63) is 29.3 Å². The van der Waals surface area contributed by atoms with Gasteiger partial charge in [-0.25, -0.2) is 0 Å². The number of hydrogen-bond acceptors (Lipinski definition) is 4. The van der Waals surface area contributed by atoms with E-state index >= 15 is 0 Å². The molecule has 0 aromatic heterocycles. The summed E-state index contributed by atoms with van der Waals surface area (Å²) in [6.45, 7) is 2.64. The van der Waals surface area contributed by atoms with Crippen LogP contribution in [0.25, 0.3) is 0 Å². The first kappa shape index (κ1) is 21.1. The van der Waals surface area contributed by atoms with E-state index in [0.29, 0.717) is 32.7 Å². The number of rotatable bonds is 9. The highest BCUT2D eigenvalue weighted by Crippen LogP contribution is 2.22. The summed E-state index contributed by atoms with van der Waals surface area (Å²) in [6, 6.07) is 7.65. The van der Waals surface area contributed by atoms with Gasteiger partial charge in [0, 0.05) is 61.4 Å². The predicted octanol–water partition coefficient (Wildman–Crippen LogP) is 3.21. The van der Waals surface area contributed by atoms with Gasteiger partial charge in [0.25, 0.3) is 0 Å². The third kappa shape index (κ3) is 7.17. The number of benzene rings is 1. The molecule has 2 amide bonds. The summed E-state index contributed by atoms with van der Waals surface area (Å²) in [5, 5.41) is 3.67. The van der Waals surface area contributed by atoms with Crippen LogP contribution in [0.2, 0.25) is 5.02 Å². The number of thioether (sulfide) groups is 1. The van der Waals surface area contributed by atoms with Crippen LogP contribution in [0.1, 0.15) is 25.7 Å². The summed E-state index contributed by atoms with van der Waals surface area (Å²) in [5.41, 5.74) is 0. The number of ether oxygens (including phenoxy) is 1. The monoisotopic (exact) mass is 398 g/mol. The lowest BCUT2D eigenvalue weighted by atomic mass is 9.95. The van der Waals surface area contributed by atoms with Crippen LogP contribution in [0.3, 0.4) is 0 Å². The molecule has 0 saturated carbocycles. The maximum atomic E-state index is 12.3. The van der Waals surface area contributed by atoms with Crippen LogP contribution < -0.4 is 5.32 Å². The molecule has 0 bridgehead atoms. The number of amides is 2. The van der Waals surface area contributed by atoms with E-state index in [1.165, 1.54) is 0 Å². The minimum atomic E-state index is 0.0186. The molecule has 1 aromatic rings. The summed E-state index contributed by atoms with van der Waals surface area (Å²) < 4.78 is 4.97. The van der Waals surface area contributed by atoms with Crippen LogP contribution in [-0.2, 0) is 14.3 Å². The van der Waals surface area contributed by atoms with Gasteiger partial charge in [0.15, 0.2) is 0 Å². The van der Waals surface area contributed by atoms with E-state index in [9.17, 15) is 9.59 Å². The Hall–Kier alpha value is -1.24. The highest BCUT2D eigenvalue weighted by molar-refractivity contribution is 7.99. The molecular weight excluding hydrogens is 372 g/mol. The second-order valence-electron chi connectivity index (χ2n) is 6.34. The third-order valence-corrected chi connectivity index (χ3v) is 5.71. The second-order valence-corrected chi connectivity index (χ2v) is 7.95. The van der Waals surface area contributed by atoms with E-state index in [0.717, 1.165) is 34.9 Å². The van der Waals surface area contributed by atoms with Crippen LogP contribution in [0.15, 0.2) is 29.2 Å². The van der Waals surface area contributed by atoms with E-state index in [1.807, 2.05) is 29.2 Å². The second kappa shape index (κ2) is 11.5. The number of carbonyl (C=O) groups excluding carboxylic acids is 2. The fourth-order valence-electron chi connectivity index (χ4n) is 2.91. The Morgan fingerprint density at radius 3 is 2.62 bits per heavy atom. The van der Waals surface area contributed by atoms with Crippen LogP contribution in [-0.4, -0.2) is 55.8 Å². The SMILES string of the molecule is COCCCNC(=O)C1CCN(C(=O)CCSc2ccc(Cl)cc2)CC1. The number of halogens is 1. The lowest BCUT2D eigenvalue weighted by Gasteiger charge is -2.31. The van der Waals surface area contributed by atoms with Crippen molar-refractivity contribution in [2.75, 3.05) is 39.1 Å². The topological polar surface area (TPSA) is 58.6 Å². The molecule has 144 valence electrons. The lowest BCUT2D eigenvalue weighted by molar-refractivity contribution is -0.135. The van der Waals surface area contributed by atoms with Crippen molar-refractivity contribution in [2.45, 2.75) is 30.6 Å². The van der Waals surface area contributed by atoms with Gasteiger partial charge in [-0.15, -0.1) is 11.8 Å². The molecule has 7 heteroatoms. The molecule has 26 heavy (non-hydrogen) atoms. The van der Waals surface area contributed by atoms with Crippen LogP contribution >= 0.6 is 23.4 Å². The Kier molecular flexibility index (Phi) is 9.29. The molecule has 1 saturated heterocycles. The first-order valence-electron chi connectivity index (χ1n) is 9.03. The molecule has 1 aliphatic heterocycles. The highest BCUT2D eigenvalue weighted by Gasteiger charge is 2.26. The molecule has 0 aliphatic carbocycles. The van der Waals surface area contributed by atoms with Gasteiger partial charge in [0.2, 0.25) is 11.8 Å². The van der Waals surface area contributed by atoms with E-state index in [1.54, 1.807) is 18.9 Å². The number of piperidine rings is 1. The maximum Gasteiger partial charge on any atom is 0.223 e. The Balaban J connectivity index is 1.63. The number of nitrogens with zero attached hydrogens (tertiary/aromatic N) is 1. The summed E-state index contributed by atoms with van der Waals surface area (Å²) in [7, 11) is 1.66. The van der Waals surface area contributed by atoms with E-state index in [-0.39, 0.29) is 17.7 Å².